The van der Waals surface area contributed by atoms with Crippen LogP contribution in [0.5, 0.6) is 5.75 Å². The van der Waals surface area contributed by atoms with Crippen molar-refractivity contribution in [2.45, 2.75) is 64.2 Å². The van der Waals surface area contributed by atoms with Gasteiger partial charge >= 0.3 is 5.97 Å². The van der Waals surface area contributed by atoms with Crippen molar-refractivity contribution in [3.8, 4) is 5.75 Å². The molecule has 0 saturated carbocycles. The first-order valence-corrected chi connectivity index (χ1v) is 9.48. The molecule has 3 heteroatoms. The topological polar surface area (TPSA) is 46.5 Å². The van der Waals surface area contributed by atoms with Crippen molar-refractivity contribution >= 4 is 16.7 Å². The van der Waals surface area contributed by atoms with E-state index in [0.717, 1.165) is 25.0 Å². The lowest BCUT2D eigenvalue weighted by molar-refractivity contribution is -0.137. The number of aryl methyl sites for hydroxylation is 1. The highest BCUT2D eigenvalue weighted by atomic mass is 16.5. The second-order valence-electron chi connectivity index (χ2n) is 6.73. The predicted octanol–water partition coefficient (Wildman–Crippen LogP) is 5.99. The molecule has 0 heterocycles. The molecule has 2 rings (SSSR count). The number of carboxylic acids is 1. The number of fused-ring (bicyclic) bond motifs is 1. The highest BCUT2D eigenvalue weighted by Gasteiger charge is 2.03. The van der Waals surface area contributed by atoms with Gasteiger partial charge in [-0.1, -0.05) is 62.8 Å². The van der Waals surface area contributed by atoms with Gasteiger partial charge in [0.15, 0.2) is 0 Å². The molecule has 2 aromatic carbocycles. The van der Waals surface area contributed by atoms with Crippen molar-refractivity contribution in [3.63, 3.8) is 0 Å². The molecule has 0 fully saturated rings. The maximum absolute atomic E-state index is 10.4. The third kappa shape index (κ3) is 6.77. The summed E-state index contributed by atoms with van der Waals surface area (Å²) in [6.45, 7) is 0. The van der Waals surface area contributed by atoms with Crippen molar-refractivity contribution in [2.75, 3.05) is 7.11 Å². The Balaban J connectivity index is 1.64. The molecule has 0 amide bonds. The van der Waals surface area contributed by atoms with Gasteiger partial charge in [-0.2, -0.15) is 0 Å². The normalized spacial score (nSPS) is 10.9. The number of aliphatic carboxylic acids is 1. The van der Waals surface area contributed by atoms with Gasteiger partial charge in [0, 0.05) is 6.42 Å². The summed E-state index contributed by atoms with van der Waals surface area (Å²) in [4.78, 5) is 10.4. The summed E-state index contributed by atoms with van der Waals surface area (Å²) in [5, 5.41) is 11.2. The summed E-state index contributed by atoms with van der Waals surface area (Å²) < 4.78 is 5.31. The van der Waals surface area contributed by atoms with E-state index >= 15 is 0 Å². The molecule has 0 saturated heterocycles. The van der Waals surface area contributed by atoms with Gasteiger partial charge in [-0.15, -0.1) is 0 Å². The monoisotopic (exact) mass is 342 g/mol. The lowest BCUT2D eigenvalue weighted by Gasteiger charge is -2.08. The van der Waals surface area contributed by atoms with E-state index in [1.165, 1.54) is 54.9 Å². The fourth-order valence-corrected chi connectivity index (χ4v) is 3.33. The van der Waals surface area contributed by atoms with Crippen LogP contribution in [0.2, 0.25) is 0 Å². The minimum absolute atomic E-state index is 0.316. The molecular weight excluding hydrogens is 312 g/mol. The quantitative estimate of drug-likeness (QED) is 0.482. The van der Waals surface area contributed by atoms with Crippen molar-refractivity contribution in [1.29, 1.82) is 0 Å². The highest BCUT2D eigenvalue weighted by molar-refractivity contribution is 5.87. The van der Waals surface area contributed by atoms with Crippen LogP contribution in [0, 0.1) is 0 Å². The Hall–Kier alpha value is -2.03. The zero-order chi connectivity index (χ0) is 17.9. The van der Waals surface area contributed by atoms with E-state index in [1.807, 2.05) is 6.07 Å². The van der Waals surface area contributed by atoms with E-state index in [-0.39, 0.29) is 0 Å². The van der Waals surface area contributed by atoms with Crippen LogP contribution in [0.25, 0.3) is 10.8 Å². The lowest BCUT2D eigenvalue weighted by Crippen LogP contribution is -1.93. The van der Waals surface area contributed by atoms with Crippen LogP contribution in [-0.2, 0) is 11.2 Å². The summed E-state index contributed by atoms with van der Waals surface area (Å²) in [5.74, 6) is 0.236. The molecule has 25 heavy (non-hydrogen) atoms. The molecule has 3 nitrogen and oxygen atoms in total. The van der Waals surface area contributed by atoms with Crippen LogP contribution < -0.4 is 4.74 Å². The molecule has 0 aliphatic carbocycles. The van der Waals surface area contributed by atoms with Gasteiger partial charge < -0.3 is 9.84 Å². The largest absolute Gasteiger partial charge is 0.497 e. The van der Waals surface area contributed by atoms with Crippen LogP contribution in [0.1, 0.15) is 63.4 Å². The number of methoxy groups -OCH3 is 1. The number of carbonyl (C=O) groups is 1. The average molecular weight is 342 g/mol. The SMILES string of the molecule is COc1ccc2c(CCCCCCCCCCC(=O)O)cccc2c1. The van der Waals surface area contributed by atoms with Gasteiger partial charge in [0.2, 0.25) is 0 Å². The first kappa shape index (κ1) is 19.3. The number of carboxylic acid groups (broad SMARTS) is 1. The Morgan fingerprint density at radius 2 is 1.60 bits per heavy atom. The Kier molecular flexibility index (Phi) is 8.30. The molecule has 136 valence electrons. The second-order valence-corrected chi connectivity index (χ2v) is 6.73. The molecule has 0 bridgehead atoms. The molecule has 0 aromatic heterocycles. The number of hydrogen-bond acceptors (Lipinski definition) is 2. The van der Waals surface area contributed by atoms with Gasteiger partial charge in [-0.25, -0.2) is 0 Å². The fourth-order valence-electron chi connectivity index (χ4n) is 3.33. The Morgan fingerprint density at radius 1 is 0.920 bits per heavy atom. The highest BCUT2D eigenvalue weighted by Crippen LogP contribution is 2.25. The number of hydrogen-bond donors (Lipinski definition) is 1. The van der Waals surface area contributed by atoms with E-state index in [1.54, 1.807) is 7.11 Å². The molecule has 0 aliphatic heterocycles. The molecule has 0 atom stereocenters. The maximum Gasteiger partial charge on any atom is 0.303 e. The number of unbranched alkanes of at least 4 members (excludes halogenated alkanes) is 7. The summed E-state index contributed by atoms with van der Waals surface area (Å²) >= 11 is 0. The summed E-state index contributed by atoms with van der Waals surface area (Å²) in [6.07, 6.45) is 10.7. The summed E-state index contributed by atoms with van der Waals surface area (Å²) in [5.41, 5.74) is 1.42. The second kappa shape index (κ2) is 10.8. The minimum atomic E-state index is -0.674. The molecular formula is C22H30O3. The molecule has 0 radical (unpaired) electrons. The van der Waals surface area contributed by atoms with E-state index < -0.39 is 5.97 Å². The molecule has 0 unspecified atom stereocenters. The predicted molar refractivity (Wildman–Crippen MR) is 103 cm³/mol. The van der Waals surface area contributed by atoms with Gasteiger partial charge in [0.1, 0.15) is 5.75 Å². The third-order valence-corrected chi connectivity index (χ3v) is 4.76. The molecule has 0 aliphatic rings. The Morgan fingerprint density at radius 3 is 2.28 bits per heavy atom. The average Bonchev–Trinajstić information content (AvgIpc) is 2.62. The van der Waals surface area contributed by atoms with E-state index in [4.69, 9.17) is 9.84 Å². The number of ether oxygens (including phenoxy) is 1. The smallest absolute Gasteiger partial charge is 0.303 e. The van der Waals surface area contributed by atoms with Crippen LogP contribution in [-0.4, -0.2) is 18.2 Å². The minimum Gasteiger partial charge on any atom is -0.497 e. The van der Waals surface area contributed by atoms with Crippen LogP contribution >= 0.6 is 0 Å². The first-order valence-electron chi connectivity index (χ1n) is 9.48. The number of benzene rings is 2. The van der Waals surface area contributed by atoms with Crippen molar-refractivity contribution in [3.05, 3.63) is 42.0 Å². The van der Waals surface area contributed by atoms with Gasteiger partial charge in [-0.05, 0) is 47.7 Å². The fraction of sp³-hybridized carbons (Fsp3) is 0.500. The standard InChI is InChI=1S/C22H30O3/c1-25-20-15-16-21-18(12-10-13-19(21)17-20)11-8-6-4-2-3-5-7-9-14-22(23)24/h10,12-13,15-17H,2-9,11,14H2,1H3,(H,23,24). The summed E-state index contributed by atoms with van der Waals surface area (Å²) in [7, 11) is 1.71. The summed E-state index contributed by atoms with van der Waals surface area (Å²) in [6, 6.07) is 12.8. The third-order valence-electron chi connectivity index (χ3n) is 4.76. The van der Waals surface area contributed by atoms with Crippen molar-refractivity contribution < 1.29 is 14.6 Å². The Labute approximate surface area is 151 Å². The maximum atomic E-state index is 10.4. The first-order chi connectivity index (χ1) is 12.2. The van der Waals surface area contributed by atoms with Crippen molar-refractivity contribution in [1.82, 2.24) is 0 Å². The van der Waals surface area contributed by atoms with E-state index in [9.17, 15) is 4.79 Å². The van der Waals surface area contributed by atoms with E-state index in [2.05, 4.69) is 30.3 Å². The van der Waals surface area contributed by atoms with Crippen LogP contribution in [0.3, 0.4) is 0 Å². The molecule has 1 N–H and O–H groups in total. The zero-order valence-corrected chi connectivity index (χ0v) is 15.3. The Bertz CT molecular complexity index is 663. The van der Waals surface area contributed by atoms with Crippen LogP contribution in [0.15, 0.2) is 36.4 Å². The number of rotatable bonds is 12. The molecule has 2 aromatic rings. The zero-order valence-electron chi connectivity index (χ0n) is 15.3. The molecule has 0 spiro atoms. The van der Waals surface area contributed by atoms with E-state index in [0.29, 0.717) is 6.42 Å². The van der Waals surface area contributed by atoms with Gasteiger partial charge in [0.25, 0.3) is 0 Å². The van der Waals surface area contributed by atoms with Crippen LogP contribution in [0.4, 0.5) is 0 Å². The van der Waals surface area contributed by atoms with Crippen molar-refractivity contribution in [2.24, 2.45) is 0 Å². The van der Waals surface area contributed by atoms with Gasteiger partial charge in [0.05, 0.1) is 7.11 Å². The lowest BCUT2D eigenvalue weighted by atomic mass is 9.99. The van der Waals surface area contributed by atoms with Gasteiger partial charge in [-0.3, -0.25) is 4.79 Å².